The number of nitro groups is 1. The summed E-state index contributed by atoms with van der Waals surface area (Å²) in [6.45, 7) is 2.31. The van der Waals surface area contributed by atoms with Gasteiger partial charge in [-0.25, -0.2) is 9.97 Å². The Labute approximate surface area is 183 Å². The second kappa shape index (κ2) is 9.09. The van der Waals surface area contributed by atoms with Crippen LogP contribution < -0.4 is 9.64 Å². The summed E-state index contributed by atoms with van der Waals surface area (Å²) in [5.41, 5.74) is 1.54. The molecule has 0 N–H and O–H groups in total. The summed E-state index contributed by atoms with van der Waals surface area (Å²) in [4.78, 5) is 35.7. The van der Waals surface area contributed by atoms with Crippen LogP contribution in [0, 0.1) is 10.1 Å². The van der Waals surface area contributed by atoms with Crippen molar-refractivity contribution < 1.29 is 14.5 Å². The number of anilines is 1. The van der Waals surface area contributed by atoms with Gasteiger partial charge < -0.3 is 14.5 Å². The summed E-state index contributed by atoms with van der Waals surface area (Å²) < 4.78 is 5.18. The van der Waals surface area contributed by atoms with Crippen LogP contribution >= 0.6 is 11.3 Å². The molecule has 0 radical (unpaired) electrons. The van der Waals surface area contributed by atoms with Gasteiger partial charge in [-0.1, -0.05) is 12.1 Å². The fraction of sp³-hybridized carbons (Fsp3) is 0.286. The molecule has 1 aliphatic rings. The fourth-order valence-corrected chi connectivity index (χ4v) is 4.18. The molecule has 0 spiro atoms. The normalized spacial score (nSPS) is 13.8. The average Bonchev–Trinajstić information content (AvgIpc) is 3.28. The zero-order valence-corrected chi connectivity index (χ0v) is 17.7. The highest BCUT2D eigenvalue weighted by molar-refractivity contribution is 7.09. The summed E-state index contributed by atoms with van der Waals surface area (Å²) in [5, 5.41) is 13.5. The van der Waals surface area contributed by atoms with E-state index in [1.54, 1.807) is 18.1 Å². The Balaban J connectivity index is 1.33. The molecule has 0 aliphatic carbocycles. The molecule has 1 saturated heterocycles. The van der Waals surface area contributed by atoms with E-state index in [9.17, 15) is 14.9 Å². The van der Waals surface area contributed by atoms with Crippen molar-refractivity contribution in [3.8, 4) is 5.75 Å². The van der Waals surface area contributed by atoms with Crippen molar-refractivity contribution in [2.75, 3.05) is 38.2 Å². The van der Waals surface area contributed by atoms with E-state index in [1.165, 1.54) is 23.6 Å². The van der Waals surface area contributed by atoms with Crippen LogP contribution in [0.4, 0.5) is 11.5 Å². The van der Waals surface area contributed by atoms with Crippen LogP contribution in [0.25, 0.3) is 0 Å². The van der Waals surface area contributed by atoms with E-state index in [2.05, 4.69) is 9.97 Å². The molecular formula is C21H21N5O4S. The number of carbonyl (C=O) groups is 1. The number of pyridine rings is 1. The lowest BCUT2D eigenvalue weighted by molar-refractivity contribution is -0.385. The van der Waals surface area contributed by atoms with Gasteiger partial charge in [-0.2, -0.15) is 0 Å². The largest absolute Gasteiger partial charge is 0.497 e. The van der Waals surface area contributed by atoms with Crippen molar-refractivity contribution >= 4 is 28.7 Å². The van der Waals surface area contributed by atoms with Gasteiger partial charge in [-0.15, -0.1) is 11.3 Å². The van der Waals surface area contributed by atoms with Gasteiger partial charge >= 0.3 is 0 Å². The van der Waals surface area contributed by atoms with Crippen molar-refractivity contribution in [3.05, 3.63) is 74.4 Å². The minimum absolute atomic E-state index is 0.0356. The molecule has 2 aromatic heterocycles. The molecule has 3 aromatic rings. The van der Waals surface area contributed by atoms with E-state index in [0.29, 0.717) is 44.1 Å². The van der Waals surface area contributed by atoms with Crippen molar-refractivity contribution in [1.82, 2.24) is 14.9 Å². The summed E-state index contributed by atoms with van der Waals surface area (Å²) in [5.74, 6) is 1.41. The maximum absolute atomic E-state index is 12.9. The first-order chi connectivity index (χ1) is 15.0. The molecule has 4 rings (SSSR count). The van der Waals surface area contributed by atoms with Crippen molar-refractivity contribution in [2.45, 2.75) is 6.42 Å². The van der Waals surface area contributed by atoms with E-state index in [0.717, 1.165) is 16.3 Å². The smallest absolute Gasteiger partial charge is 0.287 e. The molecule has 1 amide bonds. The first kappa shape index (κ1) is 20.7. The van der Waals surface area contributed by atoms with E-state index in [4.69, 9.17) is 4.74 Å². The van der Waals surface area contributed by atoms with Crippen LogP contribution in [0.3, 0.4) is 0 Å². The molecule has 10 heteroatoms. The molecule has 31 heavy (non-hydrogen) atoms. The predicted octanol–water partition coefficient (Wildman–Crippen LogP) is 3.01. The summed E-state index contributed by atoms with van der Waals surface area (Å²) in [6.07, 6.45) is 1.92. The second-order valence-corrected chi connectivity index (χ2v) is 8.00. The number of ether oxygens (including phenoxy) is 1. The Kier molecular flexibility index (Phi) is 6.08. The number of amides is 1. The average molecular weight is 439 g/mol. The minimum Gasteiger partial charge on any atom is -0.497 e. The SMILES string of the molecule is COc1ccc(Cc2nc(C(=O)N3CCN(c4ccc([N+](=O)[O-])cn4)CC3)cs2)cc1. The van der Waals surface area contributed by atoms with Gasteiger partial charge in [0.2, 0.25) is 0 Å². The molecule has 160 valence electrons. The lowest BCUT2D eigenvalue weighted by atomic mass is 10.1. The molecule has 0 bridgehead atoms. The molecule has 9 nitrogen and oxygen atoms in total. The number of hydrogen-bond donors (Lipinski definition) is 0. The maximum atomic E-state index is 12.9. The van der Waals surface area contributed by atoms with Gasteiger partial charge in [0, 0.05) is 44.0 Å². The monoisotopic (exact) mass is 439 g/mol. The zero-order chi connectivity index (χ0) is 21.8. The topological polar surface area (TPSA) is 102 Å². The first-order valence-electron chi connectivity index (χ1n) is 9.75. The Morgan fingerprint density at radius 3 is 2.52 bits per heavy atom. The third kappa shape index (κ3) is 4.80. The fourth-order valence-electron chi connectivity index (χ4n) is 3.38. The van der Waals surface area contributed by atoms with Gasteiger partial charge in [-0.05, 0) is 23.8 Å². The number of aromatic nitrogens is 2. The van der Waals surface area contributed by atoms with Crippen molar-refractivity contribution in [1.29, 1.82) is 0 Å². The second-order valence-electron chi connectivity index (χ2n) is 7.06. The van der Waals surface area contributed by atoms with Gasteiger partial charge in [0.15, 0.2) is 0 Å². The number of hydrogen-bond acceptors (Lipinski definition) is 8. The molecular weight excluding hydrogens is 418 g/mol. The summed E-state index contributed by atoms with van der Waals surface area (Å²) >= 11 is 1.48. The first-order valence-corrected chi connectivity index (χ1v) is 10.6. The summed E-state index contributed by atoms with van der Waals surface area (Å²) in [7, 11) is 1.63. The highest BCUT2D eigenvalue weighted by Gasteiger charge is 2.24. The lowest BCUT2D eigenvalue weighted by Crippen LogP contribution is -2.49. The third-order valence-electron chi connectivity index (χ3n) is 5.12. The molecule has 0 atom stereocenters. The van der Waals surface area contributed by atoms with Crippen LogP contribution in [0.5, 0.6) is 5.75 Å². The van der Waals surface area contributed by atoms with Crippen LogP contribution in [0.15, 0.2) is 48.0 Å². The van der Waals surface area contributed by atoms with Crippen molar-refractivity contribution in [3.63, 3.8) is 0 Å². The molecule has 1 aliphatic heterocycles. The Morgan fingerprint density at radius 1 is 1.16 bits per heavy atom. The Bertz CT molecular complexity index is 1060. The summed E-state index contributed by atoms with van der Waals surface area (Å²) in [6, 6.07) is 10.9. The Hall–Kier alpha value is -3.53. The van der Waals surface area contributed by atoms with E-state index in [1.807, 2.05) is 34.5 Å². The van der Waals surface area contributed by atoms with Gasteiger partial charge in [0.25, 0.3) is 11.6 Å². The van der Waals surface area contributed by atoms with Crippen molar-refractivity contribution in [2.24, 2.45) is 0 Å². The standard InChI is InChI=1S/C21H21N5O4S/c1-30-17-5-2-15(3-6-17)12-20-23-18(14-31-20)21(27)25-10-8-24(9-11-25)19-7-4-16(13-22-19)26(28)29/h2-7,13-14H,8-12H2,1H3. The van der Waals surface area contributed by atoms with Crippen LogP contribution in [0.1, 0.15) is 21.1 Å². The molecule has 1 aromatic carbocycles. The van der Waals surface area contributed by atoms with Crippen LogP contribution in [0.2, 0.25) is 0 Å². The number of piperazine rings is 1. The number of thiazole rings is 1. The quantitative estimate of drug-likeness (QED) is 0.430. The number of carbonyl (C=O) groups excluding carboxylic acids is 1. The van der Waals surface area contributed by atoms with Gasteiger partial charge in [-0.3, -0.25) is 14.9 Å². The van der Waals surface area contributed by atoms with Crippen LogP contribution in [-0.2, 0) is 6.42 Å². The highest BCUT2D eigenvalue weighted by Crippen LogP contribution is 2.21. The zero-order valence-electron chi connectivity index (χ0n) is 16.9. The van der Waals surface area contributed by atoms with E-state index in [-0.39, 0.29) is 11.6 Å². The minimum atomic E-state index is -0.468. The van der Waals surface area contributed by atoms with Gasteiger partial charge in [0.1, 0.15) is 23.5 Å². The molecule has 0 unspecified atom stereocenters. The lowest BCUT2D eigenvalue weighted by Gasteiger charge is -2.35. The maximum Gasteiger partial charge on any atom is 0.287 e. The molecule has 3 heterocycles. The number of rotatable bonds is 6. The van der Waals surface area contributed by atoms with E-state index >= 15 is 0 Å². The van der Waals surface area contributed by atoms with Crippen LogP contribution in [-0.4, -0.2) is 59.0 Å². The van der Waals surface area contributed by atoms with Gasteiger partial charge in [0.05, 0.1) is 17.0 Å². The number of benzene rings is 1. The predicted molar refractivity (Wildman–Crippen MR) is 117 cm³/mol. The number of methoxy groups -OCH3 is 1. The highest BCUT2D eigenvalue weighted by atomic mass is 32.1. The third-order valence-corrected chi connectivity index (χ3v) is 5.97. The Morgan fingerprint density at radius 2 is 1.90 bits per heavy atom. The number of nitrogens with zero attached hydrogens (tertiary/aromatic N) is 5. The van der Waals surface area contributed by atoms with E-state index < -0.39 is 4.92 Å². The molecule has 1 fully saturated rings. The molecule has 0 saturated carbocycles.